The van der Waals surface area contributed by atoms with E-state index >= 15 is 0 Å². The summed E-state index contributed by atoms with van der Waals surface area (Å²) in [6.45, 7) is 0. The second kappa shape index (κ2) is 7.86. The van der Waals surface area contributed by atoms with Gasteiger partial charge in [-0.25, -0.2) is 17.8 Å². The van der Waals surface area contributed by atoms with Gasteiger partial charge in [-0.2, -0.15) is 0 Å². The number of likely N-dealkylation sites (N-methyl/N-ethyl adjacent to an activating group) is 1. The van der Waals surface area contributed by atoms with Gasteiger partial charge in [-0.05, 0) is 50.9 Å². The molecule has 2 aliphatic rings. The fourth-order valence-electron chi connectivity index (χ4n) is 4.04. The van der Waals surface area contributed by atoms with E-state index in [-0.39, 0.29) is 22.2 Å². The van der Waals surface area contributed by atoms with Crippen LogP contribution < -0.4 is 10.0 Å². The van der Waals surface area contributed by atoms with E-state index in [1.807, 2.05) is 14.1 Å². The third kappa shape index (κ3) is 4.14. The molecule has 29 heavy (non-hydrogen) atoms. The van der Waals surface area contributed by atoms with Gasteiger partial charge in [-0.3, -0.25) is 4.72 Å². The average molecular weight is 457 g/mol. The molecule has 2 aromatic rings. The van der Waals surface area contributed by atoms with Gasteiger partial charge in [0.05, 0.1) is 10.7 Å². The second-order valence-electron chi connectivity index (χ2n) is 7.67. The highest BCUT2D eigenvalue weighted by Gasteiger charge is 2.39. The SMILES string of the molecule is CN(C)[C@@H]1C[C@@H]2C=C[C@@H]2C[C@H]1Nc1cc(F)c(S(=O)(=O)Nc2nccs2)cc1Cl. The number of hydrogen-bond acceptors (Lipinski definition) is 6. The summed E-state index contributed by atoms with van der Waals surface area (Å²) in [5, 5.41) is 5.31. The molecule has 1 fully saturated rings. The van der Waals surface area contributed by atoms with Gasteiger partial charge in [0.25, 0.3) is 10.0 Å². The molecule has 0 unspecified atom stereocenters. The van der Waals surface area contributed by atoms with Crippen molar-refractivity contribution in [2.45, 2.75) is 29.8 Å². The van der Waals surface area contributed by atoms with Crippen LogP contribution in [0.15, 0.2) is 40.8 Å². The standard InChI is InChI=1S/C19H22ClFN4O2S2/c1-25(2)17-8-12-4-3-11(12)7-16(17)23-15-10-14(21)18(9-13(15)20)29(26,27)24-19-22-5-6-28-19/h3-6,9-12,16-17,23H,7-8H2,1-2H3,(H,22,24)/t11-,12+,16-,17-/m1/s1. The zero-order chi connectivity index (χ0) is 20.8. The predicted molar refractivity (Wildman–Crippen MR) is 115 cm³/mol. The number of aromatic nitrogens is 1. The summed E-state index contributed by atoms with van der Waals surface area (Å²) in [5.41, 5.74) is 0.399. The first-order valence-electron chi connectivity index (χ1n) is 9.27. The van der Waals surface area contributed by atoms with Crippen molar-refractivity contribution in [2.75, 3.05) is 24.1 Å². The maximum atomic E-state index is 14.8. The van der Waals surface area contributed by atoms with E-state index in [2.05, 4.69) is 32.1 Å². The Balaban J connectivity index is 1.57. The Morgan fingerprint density at radius 1 is 1.24 bits per heavy atom. The molecule has 0 spiro atoms. The molecule has 0 radical (unpaired) electrons. The molecule has 4 atom stereocenters. The first-order chi connectivity index (χ1) is 13.7. The second-order valence-corrected chi connectivity index (χ2v) is 10.6. The Morgan fingerprint density at radius 3 is 2.59 bits per heavy atom. The lowest BCUT2D eigenvalue weighted by Crippen LogP contribution is -2.51. The van der Waals surface area contributed by atoms with Gasteiger partial charge >= 0.3 is 0 Å². The zero-order valence-corrected chi connectivity index (χ0v) is 18.4. The molecule has 1 aromatic carbocycles. The summed E-state index contributed by atoms with van der Waals surface area (Å²) < 4.78 is 42.1. The van der Waals surface area contributed by atoms with Crippen LogP contribution in [0, 0.1) is 17.7 Å². The number of rotatable bonds is 6. The van der Waals surface area contributed by atoms with Crippen molar-refractivity contribution in [3.05, 3.63) is 46.7 Å². The monoisotopic (exact) mass is 456 g/mol. The van der Waals surface area contributed by atoms with Crippen LogP contribution in [0.25, 0.3) is 0 Å². The predicted octanol–water partition coefficient (Wildman–Crippen LogP) is 4.04. The molecule has 2 N–H and O–H groups in total. The van der Waals surface area contributed by atoms with Gasteiger partial charge in [0.15, 0.2) is 5.13 Å². The van der Waals surface area contributed by atoms with E-state index in [1.54, 1.807) is 5.38 Å². The smallest absolute Gasteiger partial charge is 0.266 e. The fourth-order valence-corrected chi connectivity index (χ4v) is 6.20. The number of nitrogens with one attached hydrogen (secondary N) is 2. The van der Waals surface area contributed by atoms with Crippen molar-refractivity contribution in [2.24, 2.45) is 11.8 Å². The molecule has 2 aliphatic carbocycles. The van der Waals surface area contributed by atoms with Crippen molar-refractivity contribution in [3.8, 4) is 0 Å². The Hall–Kier alpha value is -1.68. The van der Waals surface area contributed by atoms with Gasteiger partial charge in [0, 0.05) is 23.7 Å². The van der Waals surface area contributed by atoms with Crippen LogP contribution in [0.5, 0.6) is 0 Å². The van der Waals surface area contributed by atoms with Gasteiger partial charge in [0.2, 0.25) is 0 Å². The maximum absolute atomic E-state index is 14.8. The Labute approximate surface area is 178 Å². The van der Waals surface area contributed by atoms with Gasteiger partial charge in [-0.1, -0.05) is 23.8 Å². The van der Waals surface area contributed by atoms with Crippen LogP contribution in [0.1, 0.15) is 12.8 Å². The first-order valence-corrected chi connectivity index (χ1v) is 12.0. The van der Waals surface area contributed by atoms with Gasteiger partial charge in [0.1, 0.15) is 10.7 Å². The largest absolute Gasteiger partial charge is 0.379 e. The van der Waals surface area contributed by atoms with Crippen LogP contribution >= 0.6 is 22.9 Å². The number of fused-ring (bicyclic) bond motifs is 1. The van der Waals surface area contributed by atoms with Crippen molar-refractivity contribution in [1.29, 1.82) is 0 Å². The summed E-state index contributed by atoms with van der Waals surface area (Å²) in [6.07, 6.45) is 7.88. The van der Waals surface area contributed by atoms with Crippen molar-refractivity contribution < 1.29 is 12.8 Å². The molecule has 0 amide bonds. The Bertz CT molecular complexity index is 1030. The van der Waals surface area contributed by atoms with Crippen LogP contribution in [-0.4, -0.2) is 44.5 Å². The first kappa shape index (κ1) is 20.6. The number of benzene rings is 1. The minimum absolute atomic E-state index is 0.0870. The summed E-state index contributed by atoms with van der Waals surface area (Å²) >= 11 is 7.46. The molecule has 1 heterocycles. The zero-order valence-electron chi connectivity index (χ0n) is 16.0. The molecule has 0 aliphatic heterocycles. The van der Waals surface area contributed by atoms with E-state index in [9.17, 15) is 12.8 Å². The fraction of sp³-hybridized carbons (Fsp3) is 0.421. The van der Waals surface area contributed by atoms with Crippen molar-refractivity contribution >= 4 is 43.8 Å². The highest BCUT2D eigenvalue weighted by molar-refractivity contribution is 7.93. The van der Waals surface area contributed by atoms with Crippen LogP contribution in [0.3, 0.4) is 0 Å². The van der Waals surface area contributed by atoms with Gasteiger partial charge in [-0.15, -0.1) is 11.3 Å². The highest BCUT2D eigenvalue weighted by atomic mass is 35.5. The molecule has 6 nitrogen and oxygen atoms in total. The molecule has 156 valence electrons. The number of anilines is 2. The van der Waals surface area contributed by atoms with Gasteiger partial charge < -0.3 is 10.2 Å². The lowest BCUT2D eigenvalue weighted by atomic mass is 9.68. The van der Waals surface area contributed by atoms with Crippen molar-refractivity contribution in [1.82, 2.24) is 9.88 Å². The summed E-state index contributed by atoms with van der Waals surface area (Å²) in [7, 11) is -0.0602. The molecule has 1 aromatic heterocycles. The molecular formula is C19H22ClFN4O2S2. The number of thiazole rings is 1. The number of halogens is 2. The normalized spacial score (nSPS) is 26.1. The summed E-state index contributed by atoms with van der Waals surface area (Å²) in [5.74, 6) is 0.256. The molecule has 0 saturated heterocycles. The van der Waals surface area contributed by atoms with E-state index < -0.39 is 20.7 Å². The Morgan fingerprint density at radius 2 is 1.97 bits per heavy atom. The lowest BCUT2D eigenvalue weighted by Gasteiger charge is -2.46. The molecule has 1 saturated carbocycles. The van der Waals surface area contributed by atoms with E-state index in [1.165, 1.54) is 6.20 Å². The van der Waals surface area contributed by atoms with Crippen molar-refractivity contribution in [3.63, 3.8) is 0 Å². The average Bonchev–Trinajstić information content (AvgIpc) is 3.12. The lowest BCUT2D eigenvalue weighted by molar-refractivity contribution is 0.149. The van der Waals surface area contributed by atoms with E-state index in [4.69, 9.17) is 11.6 Å². The number of nitrogens with zero attached hydrogens (tertiary/aromatic N) is 2. The van der Waals surface area contributed by atoms with Crippen LogP contribution in [0.4, 0.5) is 15.2 Å². The Kier molecular flexibility index (Phi) is 5.58. The van der Waals surface area contributed by atoms with E-state index in [0.29, 0.717) is 17.5 Å². The highest BCUT2D eigenvalue weighted by Crippen LogP contribution is 2.41. The number of allylic oxidation sites excluding steroid dienone is 2. The third-order valence-corrected chi connectivity index (χ3v) is 8.11. The summed E-state index contributed by atoms with van der Waals surface area (Å²) in [6, 6.07) is 2.67. The number of hydrogen-bond donors (Lipinski definition) is 2. The number of sulfonamides is 1. The van der Waals surface area contributed by atoms with Crippen LogP contribution in [0.2, 0.25) is 5.02 Å². The van der Waals surface area contributed by atoms with E-state index in [0.717, 1.165) is 36.3 Å². The molecule has 4 rings (SSSR count). The topological polar surface area (TPSA) is 74.3 Å². The quantitative estimate of drug-likeness (QED) is 0.641. The minimum atomic E-state index is -4.12. The molecule has 0 bridgehead atoms. The maximum Gasteiger partial charge on any atom is 0.266 e. The molecule has 10 heteroatoms. The summed E-state index contributed by atoms with van der Waals surface area (Å²) in [4.78, 5) is 5.53. The molecular weight excluding hydrogens is 435 g/mol. The van der Waals surface area contributed by atoms with Crippen LogP contribution in [-0.2, 0) is 10.0 Å². The third-order valence-electron chi connectivity index (χ3n) is 5.63. The minimum Gasteiger partial charge on any atom is -0.379 e.